The van der Waals surface area contributed by atoms with Gasteiger partial charge in [-0.25, -0.2) is 0 Å². The number of hydrogen-bond acceptors (Lipinski definition) is 4. The molecule has 0 aromatic rings. The maximum atomic E-state index is 10.3. The van der Waals surface area contributed by atoms with Crippen LogP contribution in [-0.2, 0) is 9.53 Å². The first-order valence-corrected chi connectivity index (χ1v) is 5.00. The number of nitriles is 1. The van der Waals surface area contributed by atoms with E-state index in [4.69, 9.17) is 15.1 Å². The third kappa shape index (κ3) is 9.19. The fraction of sp³-hybridized carbons (Fsp3) is 0.800. The highest BCUT2D eigenvalue weighted by Crippen LogP contribution is 1.97. The zero-order chi connectivity index (χ0) is 11.5. The third-order valence-electron chi connectivity index (χ3n) is 2.02. The molecule has 0 aliphatic heterocycles. The van der Waals surface area contributed by atoms with Gasteiger partial charge >= 0.3 is 5.97 Å². The average molecular weight is 214 g/mol. The van der Waals surface area contributed by atoms with Crippen LogP contribution in [0.3, 0.4) is 0 Å². The van der Waals surface area contributed by atoms with Gasteiger partial charge in [0.15, 0.2) is 0 Å². The fourth-order valence-electron chi connectivity index (χ4n) is 1.22. The second-order valence-electron chi connectivity index (χ2n) is 3.24. The lowest BCUT2D eigenvalue weighted by molar-refractivity contribution is -0.137. The molecule has 0 rings (SSSR count). The summed E-state index contributed by atoms with van der Waals surface area (Å²) in [4.78, 5) is 12.4. The number of carboxylic acid groups (broad SMARTS) is 1. The lowest BCUT2D eigenvalue weighted by Crippen LogP contribution is -2.29. The first kappa shape index (κ1) is 13.9. The Morgan fingerprint density at radius 2 is 2.20 bits per heavy atom. The number of carbonyl (C=O) groups is 1. The molecule has 1 N–H and O–H groups in total. The first-order valence-electron chi connectivity index (χ1n) is 5.00. The van der Waals surface area contributed by atoms with E-state index in [2.05, 4.69) is 11.0 Å². The molecule has 0 saturated carbocycles. The van der Waals surface area contributed by atoms with Gasteiger partial charge in [-0.15, -0.1) is 0 Å². The maximum Gasteiger partial charge on any atom is 0.303 e. The van der Waals surface area contributed by atoms with Crippen molar-refractivity contribution >= 4 is 5.97 Å². The van der Waals surface area contributed by atoms with Crippen molar-refractivity contribution in [2.45, 2.75) is 19.3 Å². The zero-order valence-corrected chi connectivity index (χ0v) is 9.11. The molecule has 0 fully saturated rings. The van der Waals surface area contributed by atoms with Crippen molar-refractivity contribution in [1.29, 1.82) is 5.26 Å². The van der Waals surface area contributed by atoms with Crippen LogP contribution >= 0.6 is 0 Å². The van der Waals surface area contributed by atoms with Crippen molar-refractivity contribution in [2.75, 3.05) is 33.4 Å². The topological polar surface area (TPSA) is 73.6 Å². The lowest BCUT2D eigenvalue weighted by Gasteiger charge is -2.19. The molecule has 0 radical (unpaired) electrons. The van der Waals surface area contributed by atoms with Crippen molar-refractivity contribution in [3.05, 3.63) is 0 Å². The molecule has 0 atom stereocenters. The summed E-state index contributed by atoms with van der Waals surface area (Å²) in [6.45, 7) is 2.74. The summed E-state index contributed by atoms with van der Waals surface area (Å²) in [5.41, 5.74) is 0. The molecule has 0 unspecified atom stereocenters. The quantitative estimate of drug-likeness (QED) is 0.612. The van der Waals surface area contributed by atoms with Gasteiger partial charge in [0.25, 0.3) is 0 Å². The van der Waals surface area contributed by atoms with Crippen LogP contribution in [0.25, 0.3) is 0 Å². The Hall–Kier alpha value is -1.12. The predicted molar refractivity (Wildman–Crippen MR) is 55.4 cm³/mol. The average Bonchev–Trinajstić information content (AvgIpc) is 2.20. The van der Waals surface area contributed by atoms with Crippen molar-refractivity contribution < 1.29 is 14.6 Å². The molecule has 0 aromatic carbocycles. The molecule has 0 bridgehead atoms. The molecule has 0 amide bonds. The monoisotopic (exact) mass is 214 g/mol. The molecular weight excluding hydrogens is 196 g/mol. The summed E-state index contributed by atoms with van der Waals surface area (Å²) in [6, 6.07) is 2.07. The van der Waals surface area contributed by atoms with Crippen LogP contribution in [0.15, 0.2) is 0 Å². The molecule has 5 nitrogen and oxygen atoms in total. The minimum Gasteiger partial charge on any atom is -0.481 e. The SMILES string of the molecule is COCCN(CCC#N)CCCC(=O)O. The Bertz CT molecular complexity index is 213. The minimum absolute atomic E-state index is 0.177. The molecule has 0 aromatic heterocycles. The largest absolute Gasteiger partial charge is 0.481 e. The van der Waals surface area contributed by atoms with Gasteiger partial charge in [0, 0.05) is 33.0 Å². The Morgan fingerprint density at radius 1 is 1.47 bits per heavy atom. The van der Waals surface area contributed by atoms with Gasteiger partial charge in [0.2, 0.25) is 0 Å². The Labute approximate surface area is 90.2 Å². The highest BCUT2D eigenvalue weighted by molar-refractivity contribution is 5.66. The molecule has 15 heavy (non-hydrogen) atoms. The third-order valence-corrected chi connectivity index (χ3v) is 2.02. The molecular formula is C10H18N2O3. The van der Waals surface area contributed by atoms with Crippen LogP contribution in [0.5, 0.6) is 0 Å². The molecule has 0 aliphatic rings. The van der Waals surface area contributed by atoms with Gasteiger partial charge in [-0.2, -0.15) is 5.26 Å². The number of methoxy groups -OCH3 is 1. The van der Waals surface area contributed by atoms with Crippen molar-refractivity contribution in [2.24, 2.45) is 0 Å². The molecule has 0 saturated heterocycles. The van der Waals surface area contributed by atoms with Crippen LogP contribution in [-0.4, -0.2) is 49.3 Å². The number of aliphatic carboxylic acids is 1. The smallest absolute Gasteiger partial charge is 0.303 e. The van der Waals surface area contributed by atoms with E-state index in [9.17, 15) is 4.79 Å². The van der Waals surface area contributed by atoms with Crippen LogP contribution in [0.2, 0.25) is 0 Å². The van der Waals surface area contributed by atoms with Gasteiger partial charge in [-0.05, 0) is 13.0 Å². The van der Waals surface area contributed by atoms with Gasteiger partial charge in [-0.1, -0.05) is 0 Å². The van der Waals surface area contributed by atoms with E-state index in [0.717, 1.165) is 6.54 Å². The summed E-state index contributed by atoms with van der Waals surface area (Å²) in [5, 5.41) is 16.9. The van der Waals surface area contributed by atoms with Gasteiger partial charge in [0.05, 0.1) is 12.7 Å². The van der Waals surface area contributed by atoms with E-state index in [0.29, 0.717) is 32.5 Å². The molecule has 0 aliphatic carbocycles. The number of nitrogens with zero attached hydrogens (tertiary/aromatic N) is 2. The number of carboxylic acids is 1. The van der Waals surface area contributed by atoms with E-state index in [1.165, 1.54) is 0 Å². The van der Waals surface area contributed by atoms with Crippen LogP contribution in [0.1, 0.15) is 19.3 Å². The molecule has 0 heterocycles. The van der Waals surface area contributed by atoms with Crippen LogP contribution < -0.4 is 0 Å². The number of hydrogen-bond donors (Lipinski definition) is 1. The van der Waals surface area contributed by atoms with Crippen LogP contribution in [0, 0.1) is 11.3 Å². The van der Waals surface area contributed by atoms with Crippen LogP contribution in [0.4, 0.5) is 0 Å². The van der Waals surface area contributed by atoms with Gasteiger partial charge < -0.3 is 14.7 Å². The molecule has 0 spiro atoms. The Kier molecular flexibility index (Phi) is 8.73. The summed E-state index contributed by atoms with van der Waals surface area (Å²) in [7, 11) is 1.62. The zero-order valence-electron chi connectivity index (χ0n) is 9.11. The highest BCUT2D eigenvalue weighted by Gasteiger charge is 2.05. The number of rotatable bonds is 9. The Balaban J connectivity index is 3.69. The predicted octanol–water partition coefficient (Wildman–Crippen LogP) is 0.713. The van der Waals surface area contributed by atoms with E-state index in [1.807, 2.05) is 0 Å². The van der Waals surface area contributed by atoms with Crippen molar-refractivity contribution in [3.8, 4) is 6.07 Å². The minimum atomic E-state index is -0.776. The standard InChI is InChI=1S/C10H18N2O3/c1-15-9-8-12(7-3-5-11)6-2-4-10(13)14/h2-4,6-9H2,1H3,(H,13,14). The second kappa shape index (κ2) is 9.44. The molecule has 5 heteroatoms. The van der Waals surface area contributed by atoms with E-state index in [-0.39, 0.29) is 6.42 Å². The van der Waals surface area contributed by atoms with Crippen molar-refractivity contribution in [1.82, 2.24) is 4.90 Å². The Morgan fingerprint density at radius 3 is 2.73 bits per heavy atom. The lowest BCUT2D eigenvalue weighted by atomic mass is 10.3. The second-order valence-corrected chi connectivity index (χ2v) is 3.24. The van der Waals surface area contributed by atoms with E-state index < -0.39 is 5.97 Å². The summed E-state index contributed by atoms with van der Waals surface area (Å²) >= 11 is 0. The van der Waals surface area contributed by atoms with E-state index in [1.54, 1.807) is 7.11 Å². The van der Waals surface area contributed by atoms with Gasteiger partial charge in [-0.3, -0.25) is 4.79 Å². The van der Waals surface area contributed by atoms with Gasteiger partial charge in [0.1, 0.15) is 0 Å². The van der Waals surface area contributed by atoms with E-state index >= 15 is 0 Å². The van der Waals surface area contributed by atoms with Crippen molar-refractivity contribution in [3.63, 3.8) is 0 Å². The summed E-state index contributed by atoms with van der Waals surface area (Å²) in [5.74, 6) is -0.776. The maximum absolute atomic E-state index is 10.3. The summed E-state index contributed by atoms with van der Waals surface area (Å²) < 4.78 is 4.94. The fourth-order valence-corrected chi connectivity index (χ4v) is 1.22. The normalized spacial score (nSPS) is 10.2. The summed E-state index contributed by atoms with van der Waals surface area (Å²) in [6.07, 6.45) is 1.26. The molecule has 86 valence electrons. The highest BCUT2D eigenvalue weighted by atomic mass is 16.5. The number of ether oxygens (including phenoxy) is 1. The first-order chi connectivity index (χ1) is 7.20.